The van der Waals surface area contributed by atoms with E-state index < -0.39 is 7.12 Å². The van der Waals surface area contributed by atoms with E-state index >= 15 is 0 Å². The standard InChI is InChI=1S/C11H16BClO2/c1-4-6-7-11(13)9(3)8-10(5-2)12(14)15/h4-7,14-15H,1,8H2,2-3H3/b7-6-,10-5+,11-9+. The molecule has 15 heavy (non-hydrogen) atoms. The molecule has 0 aliphatic carbocycles. The SMILES string of the molecule is C=C/C=C\C(Cl)=C(\C)C/C(=C\C)B(O)O. The molecule has 0 aromatic carbocycles. The van der Waals surface area contributed by atoms with Gasteiger partial charge >= 0.3 is 7.12 Å². The Morgan fingerprint density at radius 2 is 2.07 bits per heavy atom. The molecule has 0 atom stereocenters. The Bertz CT molecular complexity index is 304. The highest BCUT2D eigenvalue weighted by Gasteiger charge is 2.14. The van der Waals surface area contributed by atoms with Gasteiger partial charge in [-0.05, 0) is 31.8 Å². The van der Waals surface area contributed by atoms with Gasteiger partial charge in [0.2, 0.25) is 0 Å². The summed E-state index contributed by atoms with van der Waals surface area (Å²) in [5, 5.41) is 18.6. The molecule has 0 saturated carbocycles. The van der Waals surface area contributed by atoms with Crippen molar-refractivity contribution in [1.29, 1.82) is 0 Å². The normalized spacial score (nSPS) is 14.1. The third kappa shape index (κ3) is 5.62. The average molecular weight is 227 g/mol. The van der Waals surface area contributed by atoms with Crippen LogP contribution in [-0.4, -0.2) is 17.2 Å². The second-order valence-corrected chi connectivity index (χ2v) is 3.54. The molecule has 0 saturated heterocycles. The molecule has 0 spiro atoms. The van der Waals surface area contributed by atoms with E-state index in [1.54, 1.807) is 31.2 Å². The highest BCUT2D eigenvalue weighted by atomic mass is 35.5. The Morgan fingerprint density at radius 1 is 1.47 bits per heavy atom. The Kier molecular flexibility index (Phi) is 7.13. The first-order valence-electron chi connectivity index (χ1n) is 4.68. The van der Waals surface area contributed by atoms with Crippen LogP contribution in [0.3, 0.4) is 0 Å². The molecule has 0 heterocycles. The second kappa shape index (κ2) is 7.52. The van der Waals surface area contributed by atoms with Gasteiger partial charge in [0.05, 0.1) is 0 Å². The Hall–Kier alpha value is -0.765. The van der Waals surface area contributed by atoms with E-state index in [-0.39, 0.29) is 0 Å². The van der Waals surface area contributed by atoms with Crippen molar-refractivity contribution in [2.75, 3.05) is 0 Å². The van der Waals surface area contributed by atoms with E-state index in [2.05, 4.69) is 6.58 Å². The molecule has 0 aliphatic heterocycles. The summed E-state index contributed by atoms with van der Waals surface area (Å²) in [6.45, 7) is 7.15. The van der Waals surface area contributed by atoms with Crippen molar-refractivity contribution in [2.24, 2.45) is 0 Å². The number of allylic oxidation sites excluding steroid dienone is 7. The summed E-state index contributed by atoms with van der Waals surface area (Å²) >= 11 is 5.97. The van der Waals surface area contributed by atoms with Crippen LogP contribution in [0, 0.1) is 0 Å². The molecule has 0 rings (SSSR count). The minimum atomic E-state index is -1.42. The monoisotopic (exact) mass is 226 g/mol. The van der Waals surface area contributed by atoms with E-state index in [1.165, 1.54) is 0 Å². The van der Waals surface area contributed by atoms with E-state index in [0.717, 1.165) is 5.57 Å². The van der Waals surface area contributed by atoms with Crippen LogP contribution in [0.4, 0.5) is 0 Å². The van der Waals surface area contributed by atoms with E-state index in [1.807, 2.05) is 6.92 Å². The fraction of sp³-hybridized carbons (Fsp3) is 0.273. The summed E-state index contributed by atoms with van der Waals surface area (Å²) in [6.07, 6.45) is 7.22. The van der Waals surface area contributed by atoms with Crippen LogP contribution in [0.2, 0.25) is 0 Å². The molecule has 4 heteroatoms. The third-order valence-corrected chi connectivity index (χ3v) is 2.41. The van der Waals surface area contributed by atoms with Gasteiger partial charge in [0.15, 0.2) is 0 Å². The molecule has 2 N–H and O–H groups in total. The highest BCUT2D eigenvalue weighted by molar-refractivity contribution is 6.50. The molecule has 0 bridgehead atoms. The number of halogens is 1. The van der Waals surface area contributed by atoms with Gasteiger partial charge in [-0.25, -0.2) is 0 Å². The lowest BCUT2D eigenvalue weighted by atomic mass is 9.76. The lowest BCUT2D eigenvalue weighted by molar-refractivity contribution is 0.417. The first kappa shape index (κ1) is 14.2. The molecule has 0 amide bonds. The van der Waals surface area contributed by atoms with Crippen molar-refractivity contribution in [1.82, 2.24) is 0 Å². The summed E-state index contributed by atoms with van der Waals surface area (Å²) in [5.74, 6) is 0. The topological polar surface area (TPSA) is 40.5 Å². The van der Waals surface area contributed by atoms with Gasteiger partial charge in [-0.3, -0.25) is 0 Å². The molecular weight excluding hydrogens is 210 g/mol. The quantitative estimate of drug-likeness (QED) is 0.559. The smallest absolute Gasteiger partial charge is 0.423 e. The zero-order chi connectivity index (χ0) is 11.8. The molecule has 0 aromatic rings. The predicted octanol–water partition coefficient (Wildman–Crippen LogP) is 2.59. The lowest BCUT2D eigenvalue weighted by Crippen LogP contribution is -2.15. The predicted molar refractivity (Wildman–Crippen MR) is 66.5 cm³/mol. The summed E-state index contributed by atoms with van der Waals surface area (Å²) in [6, 6.07) is 0. The van der Waals surface area contributed by atoms with Crippen molar-refractivity contribution >= 4 is 18.7 Å². The Balaban J connectivity index is 4.65. The first-order valence-corrected chi connectivity index (χ1v) is 5.06. The van der Waals surface area contributed by atoms with Gasteiger partial charge in [-0.2, -0.15) is 0 Å². The van der Waals surface area contributed by atoms with E-state index in [9.17, 15) is 0 Å². The van der Waals surface area contributed by atoms with Gasteiger partial charge in [0.25, 0.3) is 0 Å². The molecule has 0 unspecified atom stereocenters. The zero-order valence-electron chi connectivity index (χ0n) is 9.07. The van der Waals surface area contributed by atoms with Crippen molar-refractivity contribution in [2.45, 2.75) is 20.3 Å². The van der Waals surface area contributed by atoms with Gasteiger partial charge in [0, 0.05) is 5.03 Å². The summed E-state index contributed by atoms with van der Waals surface area (Å²) < 4.78 is 0. The largest absolute Gasteiger partial charge is 0.484 e. The number of hydrogen-bond acceptors (Lipinski definition) is 2. The third-order valence-electron chi connectivity index (χ3n) is 1.96. The minimum Gasteiger partial charge on any atom is -0.423 e. The molecule has 0 aromatic heterocycles. The highest BCUT2D eigenvalue weighted by Crippen LogP contribution is 2.19. The van der Waals surface area contributed by atoms with Crippen LogP contribution >= 0.6 is 11.6 Å². The van der Waals surface area contributed by atoms with Crippen LogP contribution in [0.15, 0.2) is 47.0 Å². The lowest BCUT2D eigenvalue weighted by Gasteiger charge is -2.06. The maximum Gasteiger partial charge on any atom is 0.484 e. The van der Waals surface area contributed by atoms with Crippen LogP contribution < -0.4 is 0 Å². The Labute approximate surface area is 96.4 Å². The van der Waals surface area contributed by atoms with E-state index in [0.29, 0.717) is 16.9 Å². The van der Waals surface area contributed by atoms with Crippen LogP contribution in [0.1, 0.15) is 20.3 Å². The average Bonchev–Trinajstić information content (AvgIpc) is 2.21. The summed E-state index contributed by atoms with van der Waals surface area (Å²) in [5.41, 5.74) is 1.42. The van der Waals surface area contributed by atoms with Crippen LogP contribution in [0.25, 0.3) is 0 Å². The van der Waals surface area contributed by atoms with Crippen molar-refractivity contribution < 1.29 is 10.0 Å². The fourth-order valence-corrected chi connectivity index (χ4v) is 1.17. The van der Waals surface area contributed by atoms with Crippen LogP contribution in [-0.2, 0) is 0 Å². The van der Waals surface area contributed by atoms with Gasteiger partial charge in [0.1, 0.15) is 0 Å². The van der Waals surface area contributed by atoms with Crippen molar-refractivity contribution in [3.05, 3.63) is 47.0 Å². The van der Waals surface area contributed by atoms with Crippen molar-refractivity contribution in [3.8, 4) is 0 Å². The fourth-order valence-electron chi connectivity index (χ4n) is 1.03. The first-order chi connectivity index (χ1) is 7.02. The number of hydrogen-bond donors (Lipinski definition) is 2. The minimum absolute atomic E-state index is 0.453. The van der Waals surface area contributed by atoms with Gasteiger partial charge < -0.3 is 10.0 Å². The second-order valence-electron chi connectivity index (χ2n) is 3.14. The molecule has 0 radical (unpaired) electrons. The molecular formula is C11H16BClO2. The maximum atomic E-state index is 9.01. The van der Waals surface area contributed by atoms with Gasteiger partial charge in [-0.15, -0.1) is 0 Å². The zero-order valence-corrected chi connectivity index (χ0v) is 9.83. The molecule has 2 nitrogen and oxygen atoms in total. The van der Waals surface area contributed by atoms with Gasteiger partial charge in [-0.1, -0.05) is 42.0 Å². The van der Waals surface area contributed by atoms with Crippen LogP contribution in [0.5, 0.6) is 0 Å². The molecule has 0 aliphatic rings. The number of rotatable bonds is 5. The Morgan fingerprint density at radius 3 is 2.47 bits per heavy atom. The maximum absolute atomic E-state index is 9.01. The van der Waals surface area contributed by atoms with E-state index in [4.69, 9.17) is 21.6 Å². The molecule has 0 fully saturated rings. The molecule has 82 valence electrons. The summed E-state index contributed by atoms with van der Waals surface area (Å²) in [7, 11) is -1.42. The summed E-state index contributed by atoms with van der Waals surface area (Å²) in [4.78, 5) is 0. The van der Waals surface area contributed by atoms with Crippen molar-refractivity contribution in [3.63, 3.8) is 0 Å².